The molecule has 1 aromatic heterocycles. The number of rotatable bonds is 2. The fraction of sp³-hybridized carbons (Fsp3) is 0.636. The molecule has 1 atom stereocenters. The van der Waals surface area contributed by atoms with Crippen LogP contribution in [0.1, 0.15) is 74.6 Å². The minimum absolute atomic E-state index is 0.338. The predicted octanol–water partition coefficient (Wildman–Crippen LogP) is 4.67. The van der Waals surface area contributed by atoms with Crippen LogP contribution in [0.25, 0.3) is 0 Å². The molecule has 0 amide bonds. The van der Waals surface area contributed by atoms with Gasteiger partial charge in [-0.15, -0.1) is 10.2 Å². The van der Waals surface area contributed by atoms with Crippen molar-refractivity contribution in [2.45, 2.75) is 69.2 Å². The molecule has 5 aliphatic rings. The summed E-state index contributed by atoms with van der Waals surface area (Å²) in [7, 11) is 0. The zero-order chi connectivity index (χ0) is 16.4. The van der Waals surface area contributed by atoms with Crippen LogP contribution < -0.4 is 0 Å². The summed E-state index contributed by atoms with van der Waals surface area (Å²) in [4.78, 5) is 0. The standard InChI is InChI=1S/C22H27N3/c1-2-5-18(6-3-1)19-7-4-8-20-23-24-21(25(19)20)22-12-15-9-16(13-22)11-17(10-15)14-22/h1-3,5-6,15-17,19H,4,7-14H2. The van der Waals surface area contributed by atoms with E-state index in [1.165, 1.54) is 68.6 Å². The van der Waals surface area contributed by atoms with Crippen LogP contribution in [0, 0.1) is 17.8 Å². The molecule has 25 heavy (non-hydrogen) atoms. The predicted molar refractivity (Wildman–Crippen MR) is 97.4 cm³/mol. The van der Waals surface area contributed by atoms with E-state index in [4.69, 9.17) is 10.2 Å². The van der Waals surface area contributed by atoms with Gasteiger partial charge in [0.15, 0.2) is 0 Å². The average Bonchev–Trinajstić information content (AvgIpc) is 3.06. The zero-order valence-corrected chi connectivity index (χ0v) is 14.9. The van der Waals surface area contributed by atoms with Gasteiger partial charge in [0.25, 0.3) is 0 Å². The summed E-state index contributed by atoms with van der Waals surface area (Å²) < 4.78 is 2.59. The molecule has 1 unspecified atom stereocenters. The van der Waals surface area contributed by atoms with E-state index >= 15 is 0 Å². The molecule has 130 valence electrons. The Morgan fingerprint density at radius 1 is 0.880 bits per heavy atom. The summed E-state index contributed by atoms with van der Waals surface area (Å²) in [6.45, 7) is 0. The molecule has 7 rings (SSSR count). The Kier molecular flexibility index (Phi) is 3.01. The van der Waals surface area contributed by atoms with Crippen LogP contribution in [0.5, 0.6) is 0 Å². The Labute approximate surface area is 149 Å². The molecule has 0 saturated heterocycles. The minimum Gasteiger partial charge on any atom is -0.307 e. The molecule has 1 aliphatic heterocycles. The van der Waals surface area contributed by atoms with E-state index in [2.05, 4.69) is 34.9 Å². The minimum atomic E-state index is 0.338. The van der Waals surface area contributed by atoms with Gasteiger partial charge in [-0.25, -0.2) is 0 Å². The van der Waals surface area contributed by atoms with Crippen molar-refractivity contribution >= 4 is 0 Å². The molecule has 1 aromatic carbocycles. The second kappa shape index (κ2) is 5.18. The van der Waals surface area contributed by atoms with Gasteiger partial charge in [-0.3, -0.25) is 0 Å². The van der Waals surface area contributed by atoms with E-state index in [9.17, 15) is 0 Å². The number of aromatic nitrogens is 3. The molecule has 0 N–H and O–H groups in total. The van der Waals surface area contributed by atoms with Crippen molar-refractivity contribution in [3.63, 3.8) is 0 Å². The van der Waals surface area contributed by atoms with Crippen molar-refractivity contribution in [1.29, 1.82) is 0 Å². The lowest BCUT2D eigenvalue weighted by Gasteiger charge is -2.56. The van der Waals surface area contributed by atoms with E-state index in [1.54, 1.807) is 0 Å². The van der Waals surface area contributed by atoms with Gasteiger partial charge in [0.2, 0.25) is 0 Å². The first-order chi connectivity index (χ1) is 12.3. The highest BCUT2D eigenvalue weighted by Gasteiger charge is 2.54. The topological polar surface area (TPSA) is 30.7 Å². The number of benzene rings is 1. The molecular weight excluding hydrogens is 306 g/mol. The normalized spacial score (nSPS) is 38.7. The molecule has 3 heteroatoms. The molecule has 2 aromatic rings. The highest BCUT2D eigenvalue weighted by Crippen LogP contribution is 2.60. The van der Waals surface area contributed by atoms with Crippen molar-refractivity contribution in [3.05, 3.63) is 47.5 Å². The summed E-state index contributed by atoms with van der Waals surface area (Å²) in [5.74, 6) is 5.47. The fourth-order valence-corrected chi connectivity index (χ4v) is 7.14. The van der Waals surface area contributed by atoms with Gasteiger partial charge in [-0.1, -0.05) is 30.3 Å². The summed E-state index contributed by atoms with van der Waals surface area (Å²) in [6, 6.07) is 11.5. The Hall–Kier alpha value is -1.64. The van der Waals surface area contributed by atoms with Gasteiger partial charge in [0, 0.05) is 11.8 Å². The van der Waals surface area contributed by atoms with Gasteiger partial charge in [-0.05, 0) is 74.7 Å². The van der Waals surface area contributed by atoms with E-state index in [1.807, 2.05) is 0 Å². The maximum atomic E-state index is 4.88. The van der Waals surface area contributed by atoms with Gasteiger partial charge in [0.1, 0.15) is 11.6 Å². The zero-order valence-electron chi connectivity index (χ0n) is 14.9. The van der Waals surface area contributed by atoms with Crippen LogP contribution in [0.15, 0.2) is 30.3 Å². The Bertz CT molecular complexity index is 756. The van der Waals surface area contributed by atoms with Crippen LogP contribution in [-0.4, -0.2) is 14.8 Å². The molecular formula is C22H27N3. The van der Waals surface area contributed by atoms with Gasteiger partial charge in [0.05, 0.1) is 6.04 Å². The Morgan fingerprint density at radius 2 is 1.56 bits per heavy atom. The van der Waals surface area contributed by atoms with Crippen molar-refractivity contribution in [2.24, 2.45) is 17.8 Å². The quantitative estimate of drug-likeness (QED) is 0.799. The van der Waals surface area contributed by atoms with Crippen LogP contribution in [0.3, 0.4) is 0 Å². The average molecular weight is 333 g/mol. The van der Waals surface area contributed by atoms with E-state index in [0.29, 0.717) is 11.5 Å². The lowest BCUT2D eigenvalue weighted by Crippen LogP contribution is -2.50. The highest BCUT2D eigenvalue weighted by molar-refractivity contribution is 5.26. The van der Waals surface area contributed by atoms with Crippen molar-refractivity contribution in [1.82, 2.24) is 14.8 Å². The van der Waals surface area contributed by atoms with Crippen molar-refractivity contribution in [3.8, 4) is 0 Å². The third-order valence-corrected chi connectivity index (χ3v) is 7.65. The lowest BCUT2D eigenvalue weighted by atomic mass is 9.49. The largest absolute Gasteiger partial charge is 0.307 e. The molecule has 4 fully saturated rings. The molecule has 4 bridgehead atoms. The first-order valence-corrected chi connectivity index (χ1v) is 10.3. The molecule has 0 spiro atoms. The van der Waals surface area contributed by atoms with Crippen LogP contribution in [-0.2, 0) is 11.8 Å². The monoisotopic (exact) mass is 333 g/mol. The maximum absolute atomic E-state index is 4.88. The Balaban J connectivity index is 1.47. The van der Waals surface area contributed by atoms with Crippen LogP contribution in [0.4, 0.5) is 0 Å². The van der Waals surface area contributed by atoms with Crippen LogP contribution >= 0.6 is 0 Å². The van der Waals surface area contributed by atoms with Crippen molar-refractivity contribution < 1.29 is 0 Å². The number of aryl methyl sites for hydroxylation is 1. The van der Waals surface area contributed by atoms with Gasteiger partial charge >= 0.3 is 0 Å². The molecule has 0 radical (unpaired) electrons. The lowest BCUT2D eigenvalue weighted by molar-refractivity contribution is -0.0118. The van der Waals surface area contributed by atoms with E-state index in [0.717, 1.165) is 24.2 Å². The third kappa shape index (κ3) is 2.10. The molecule has 2 heterocycles. The second-order valence-corrected chi connectivity index (χ2v) is 9.33. The SMILES string of the molecule is c1ccc(C2CCCc3nnc(C45CC6CC(CC(C6)C4)C5)n32)cc1. The molecule has 4 aliphatic carbocycles. The Morgan fingerprint density at radius 3 is 2.24 bits per heavy atom. The number of hydrogen-bond acceptors (Lipinski definition) is 2. The van der Waals surface area contributed by atoms with Gasteiger partial charge < -0.3 is 4.57 Å². The summed E-state index contributed by atoms with van der Waals surface area (Å²) >= 11 is 0. The first kappa shape index (κ1) is 14.5. The number of hydrogen-bond donors (Lipinski definition) is 0. The summed E-state index contributed by atoms with van der Waals surface area (Å²) in [5, 5.41) is 9.58. The molecule has 3 nitrogen and oxygen atoms in total. The summed E-state index contributed by atoms with van der Waals surface area (Å²) in [5.41, 5.74) is 1.78. The van der Waals surface area contributed by atoms with Crippen LogP contribution in [0.2, 0.25) is 0 Å². The van der Waals surface area contributed by atoms with Crippen molar-refractivity contribution in [2.75, 3.05) is 0 Å². The number of fused-ring (bicyclic) bond motifs is 1. The second-order valence-electron chi connectivity index (χ2n) is 9.33. The number of nitrogens with zero attached hydrogens (tertiary/aromatic N) is 3. The van der Waals surface area contributed by atoms with Gasteiger partial charge in [-0.2, -0.15) is 0 Å². The maximum Gasteiger partial charge on any atom is 0.139 e. The summed E-state index contributed by atoms with van der Waals surface area (Å²) in [6.07, 6.45) is 12.2. The molecule has 4 saturated carbocycles. The first-order valence-electron chi connectivity index (χ1n) is 10.3. The third-order valence-electron chi connectivity index (χ3n) is 7.65. The van der Waals surface area contributed by atoms with E-state index < -0.39 is 0 Å². The van der Waals surface area contributed by atoms with E-state index in [-0.39, 0.29) is 0 Å². The fourth-order valence-electron chi connectivity index (χ4n) is 7.14. The highest BCUT2D eigenvalue weighted by atomic mass is 15.3. The smallest absolute Gasteiger partial charge is 0.139 e.